The smallest absolute Gasteiger partial charge is 0.222 e. The normalized spacial score (nSPS) is 14.4. The Bertz CT molecular complexity index is 753. The van der Waals surface area contributed by atoms with Crippen molar-refractivity contribution in [3.8, 4) is 5.75 Å². The maximum atomic E-state index is 13.4. The summed E-state index contributed by atoms with van der Waals surface area (Å²) in [6.07, 6.45) is 2.37. The lowest BCUT2D eigenvalue weighted by atomic mass is 10.2. The monoisotopic (exact) mass is 378 g/mol. The largest absolute Gasteiger partial charge is 0.491 e. The van der Waals surface area contributed by atoms with Crippen molar-refractivity contribution in [2.24, 2.45) is 0 Å². The van der Waals surface area contributed by atoms with Gasteiger partial charge in [-0.1, -0.05) is 23.7 Å². The number of aromatic nitrogens is 2. The number of ether oxygens (including phenoxy) is 1. The van der Waals surface area contributed by atoms with Crippen molar-refractivity contribution in [2.75, 3.05) is 37.7 Å². The van der Waals surface area contributed by atoms with Crippen molar-refractivity contribution in [3.63, 3.8) is 0 Å². The molecule has 0 radical (unpaired) electrons. The van der Waals surface area contributed by atoms with Gasteiger partial charge in [0.1, 0.15) is 17.3 Å². The second-order valence-electron chi connectivity index (χ2n) is 5.95. The van der Waals surface area contributed by atoms with E-state index in [4.69, 9.17) is 16.3 Å². The minimum atomic E-state index is -0.389. The number of piperazine rings is 1. The summed E-state index contributed by atoms with van der Waals surface area (Å²) in [7, 11) is 0. The number of anilines is 1. The van der Waals surface area contributed by atoms with Crippen LogP contribution in [-0.2, 0) is 4.79 Å². The van der Waals surface area contributed by atoms with Gasteiger partial charge in [0, 0.05) is 38.7 Å². The topological polar surface area (TPSA) is 58.6 Å². The summed E-state index contributed by atoms with van der Waals surface area (Å²) in [5.41, 5.74) is 0. The molecular formula is C18H20ClFN4O2. The molecule has 8 heteroatoms. The maximum Gasteiger partial charge on any atom is 0.222 e. The molecule has 1 aromatic heterocycles. The number of nitrogens with zero attached hydrogens (tertiary/aromatic N) is 4. The maximum absolute atomic E-state index is 13.4. The average Bonchev–Trinajstić information content (AvgIpc) is 2.66. The summed E-state index contributed by atoms with van der Waals surface area (Å²) in [6, 6.07) is 7.98. The van der Waals surface area contributed by atoms with Gasteiger partial charge in [0.2, 0.25) is 5.91 Å². The first-order valence-corrected chi connectivity index (χ1v) is 8.89. The summed E-state index contributed by atoms with van der Waals surface area (Å²) in [5.74, 6) is 0.690. The molecule has 1 aliphatic rings. The van der Waals surface area contributed by atoms with Crippen molar-refractivity contribution >= 4 is 23.3 Å². The minimum absolute atomic E-state index is 0.0857. The van der Waals surface area contributed by atoms with Crippen LogP contribution in [0.25, 0.3) is 0 Å². The average molecular weight is 379 g/mol. The molecule has 138 valence electrons. The SMILES string of the molecule is O=C(CCCOc1ccccc1F)N1CCN(c2cc(Cl)ncn2)CC1. The van der Waals surface area contributed by atoms with E-state index in [-0.39, 0.29) is 17.5 Å². The van der Waals surface area contributed by atoms with Gasteiger partial charge in [-0.25, -0.2) is 14.4 Å². The van der Waals surface area contributed by atoms with Crippen LogP contribution in [0.2, 0.25) is 5.15 Å². The van der Waals surface area contributed by atoms with Crippen LogP contribution < -0.4 is 9.64 Å². The van der Waals surface area contributed by atoms with Crippen molar-refractivity contribution < 1.29 is 13.9 Å². The first kappa shape index (κ1) is 18.4. The molecule has 3 rings (SSSR count). The number of carbonyl (C=O) groups excluding carboxylic acids is 1. The third kappa shape index (κ3) is 4.82. The molecule has 1 saturated heterocycles. The number of para-hydroxylation sites is 1. The Labute approximate surface area is 156 Å². The van der Waals surface area contributed by atoms with Crippen molar-refractivity contribution in [2.45, 2.75) is 12.8 Å². The molecule has 0 bridgehead atoms. The number of benzene rings is 1. The summed E-state index contributed by atoms with van der Waals surface area (Å²) in [4.78, 5) is 24.3. The predicted octanol–water partition coefficient (Wildman–Crippen LogP) is 2.78. The van der Waals surface area contributed by atoms with Gasteiger partial charge in [-0.3, -0.25) is 4.79 Å². The zero-order valence-electron chi connectivity index (χ0n) is 14.3. The Morgan fingerprint density at radius 3 is 2.69 bits per heavy atom. The summed E-state index contributed by atoms with van der Waals surface area (Å²) >= 11 is 5.89. The quantitative estimate of drug-likeness (QED) is 0.571. The Kier molecular flexibility index (Phi) is 6.22. The van der Waals surface area contributed by atoms with Crippen LogP contribution in [0.4, 0.5) is 10.2 Å². The molecule has 6 nitrogen and oxygen atoms in total. The van der Waals surface area contributed by atoms with E-state index in [1.54, 1.807) is 24.3 Å². The fraction of sp³-hybridized carbons (Fsp3) is 0.389. The van der Waals surface area contributed by atoms with Crippen LogP contribution >= 0.6 is 11.6 Å². The molecular weight excluding hydrogens is 359 g/mol. The van der Waals surface area contributed by atoms with Crippen molar-refractivity contribution in [1.82, 2.24) is 14.9 Å². The fourth-order valence-electron chi connectivity index (χ4n) is 2.81. The molecule has 2 heterocycles. The van der Waals surface area contributed by atoms with E-state index in [0.29, 0.717) is 50.8 Å². The number of halogens is 2. The van der Waals surface area contributed by atoms with Crippen molar-refractivity contribution in [1.29, 1.82) is 0 Å². The Hall–Kier alpha value is -2.41. The van der Waals surface area contributed by atoms with Crippen LogP contribution in [0.5, 0.6) is 5.75 Å². The van der Waals surface area contributed by atoms with E-state index in [1.165, 1.54) is 12.4 Å². The third-order valence-electron chi connectivity index (χ3n) is 4.20. The van der Waals surface area contributed by atoms with Crippen LogP contribution in [-0.4, -0.2) is 53.6 Å². The van der Waals surface area contributed by atoms with Gasteiger partial charge in [-0.15, -0.1) is 0 Å². The van der Waals surface area contributed by atoms with E-state index >= 15 is 0 Å². The molecule has 0 atom stereocenters. The van der Waals surface area contributed by atoms with E-state index in [1.807, 2.05) is 4.90 Å². The van der Waals surface area contributed by atoms with Gasteiger partial charge in [-0.2, -0.15) is 0 Å². The van der Waals surface area contributed by atoms with Gasteiger partial charge in [0.25, 0.3) is 0 Å². The van der Waals surface area contributed by atoms with Gasteiger partial charge in [0.05, 0.1) is 6.61 Å². The van der Waals surface area contributed by atoms with E-state index in [2.05, 4.69) is 14.9 Å². The highest BCUT2D eigenvalue weighted by molar-refractivity contribution is 6.29. The highest BCUT2D eigenvalue weighted by Crippen LogP contribution is 2.17. The Morgan fingerprint density at radius 2 is 1.96 bits per heavy atom. The van der Waals surface area contributed by atoms with E-state index in [9.17, 15) is 9.18 Å². The second-order valence-corrected chi connectivity index (χ2v) is 6.34. The summed E-state index contributed by atoms with van der Waals surface area (Å²) in [5, 5.41) is 0.406. The predicted molar refractivity (Wildman–Crippen MR) is 97.0 cm³/mol. The van der Waals surface area contributed by atoms with Gasteiger partial charge >= 0.3 is 0 Å². The molecule has 0 spiro atoms. The molecule has 26 heavy (non-hydrogen) atoms. The molecule has 1 aliphatic heterocycles. The molecule has 0 aliphatic carbocycles. The molecule has 2 aromatic rings. The molecule has 1 fully saturated rings. The molecule has 0 unspecified atom stereocenters. The highest BCUT2D eigenvalue weighted by atomic mass is 35.5. The number of hydrogen-bond acceptors (Lipinski definition) is 5. The van der Waals surface area contributed by atoms with Crippen LogP contribution in [0.15, 0.2) is 36.7 Å². The Balaban J connectivity index is 1.39. The van der Waals surface area contributed by atoms with Gasteiger partial charge in [-0.05, 0) is 18.6 Å². The zero-order chi connectivity index (χ0) is 18.4. The number of rotatable bonds is 6. The first-order chi connectivity index (χ1) is 12.6. The number of hydrogen-bond donors (Lipinski definition) is 0. The first-order valence-electron chi connectivity index (χ1n) is 8.51. The lowest BCUT2D eigenvalue weighted by Crippen LogP contribution is -2.49. The van der Waals surface area contributed by atoms with E-state index in [0.717, 1.165) is 5.82 Å². The van der Waals surface area contributed by atoms with Crippen LogP contribution in [0, 0.1) is 5.82 Å². The summed E-state index contributed by atoms with van der Waals surface area (Å²) in [6.45, 7) is 2.98. The lowest BCUT2D eigenvalue weighted by Gasteiger charge is -2.35. The highest BCUT2D eigenvalue weighted by Gasteiger charge is 2.21. The van der Waals surface area contributed by atoms with Crippen LogP contribution in [0.1, 0.15) is 12.8 Å². The standard InChI is InChI=1S/C18H20ClFN4O2/c19-16-12-17(22-13-21-16)23-7-9-24(10-8-23)18(25)6-3-11-26-15-5-2-1-4-14(15)20/h1-2,4-5,12-13H,3,6-11H2. The number of carbonyl (C=O) groups is 1. The lowest BCUT2D eigenvalue weighted by molar-refractivity contribution is -0.131. The van der Waals surface area contributed by atoms with Crippen molar-refractivity contribution in [3.05, 3.63) is 47.6 Å². The summed E-state index contributed by atoms with van der Waals surface area (Å²) < 4.78 is 18.8. The fourth-order valence-corrected chi connectivity index (χ4v) is 2.95. The third-order valence-corrected chi connectivity index (χ3v) is 4.41. The molecule has 1 aromatic carbocycles. The molecule has 1 amide bonds. The Morgan fingerprint density at radius 1 is 1.19 bits per heavy atom. The van der Waals surface area contributed by atoms with Gasteiger partial charge in [0.15, 0.2) is 11.6 Å². The van der Waals surface area contributed by atoms with Gasteiger partial charge < -0.3 is 14.5 Å². The molecule has 0 saturated carbocycles. The minimum Gasteiger partial charge on any atom is -0.491 e. The zero-order valence-corrected chi connectivity index (χ0v) is 15.0. The van der Waals surface area contributed by atoms with E-state index < -0.39 is 0 Å². The molecule has 0 N–H and O–H groups in total. The van der Waals surface area contributed by atoms with Crippen LogP contribution in [0.3, 0.4) is 0 Å². The second kappa shape index (κ2) is 8.80. The number of amides is 1.